The first-order valence-electron chi connectivity index (χ1n) is 12.7. The van der Waals surface area contributed by atoms with Crippen molar-refractivity contribution in [2.75, 3.05) is 13.1 Å². The highest BCUT2D eigenvalue weighted by Gasteiger charge is 2.54. The van der Waals surface area contributed by atoms with E-state index in [9.17, 15) is 15.0 Å². The molecule has 0 bridgehead atoms. The summed E-state index contributed by atoms with van der Waals surface area (Å²) in [5, 5.41) is 25.6. The van der Waals surface area contributed by atoms with Gasteiger partial charge in [0.05, 0.1) is 18.0 Å². The smallest absolute Gasteiger partial charge is 0.262 e. The van der Waals surface area contributed by atoms with Crippen LogP contribution in [-0.2, 0) is 10.2 Å². The maximum Gasteiger partial charge on any atom is 0.262 e. The van der Waals surface area contributed by atoms with Crippen LogP contribution in [0.15, 0.2) is 91.0 Å². The monoisotopic (exact) mass is 472 g/mol. The van der Waals surface area contributed by atoms with Crippen LogP contribution in [-0.4, -0.2) is 46.1 Å². The van der Waals surface area contributed by atoms with E-state index in [0.717, 1.165) is 42.4 Å². The van der Waals surface area contributed by atoms with Crippen LogP contribution in [0.25, 0.3) is 0 Å². The third kappa shape index (κ3) is 5.03. The first-order chi connectivity index (χ1) is 17.0. The number of aliphatic hydroxyl groups is 2. The van der Waals surface area contributed by atoms with Crippen LogP contribution in [0.5, 0.6) is 0 Å². The molecule has 4 rings (SSSR count). The molecule has 1 unspecified atom stereocenters. The molecule has 35 heavy (non-hydrogen) atoms. The zero-order chi connectivity index (χ0) is 24.7. The highest BCUT2D eigenvalue weighted by Crippen LogP contribution is 2.46. The maximum atomic E-state index is 13.7. The SMILES string of the molecule is CCCCCCC(=O)N1C(C(c2ccccc2)(c2ccccc2)c2ccccc2)CNCC1(O)O. The van der Waals surface area contributed by atoms with Crippen molar-refractivity contribution < 1.29 is 15.0 Å². The lowest BCUT2D eigenvalue weighted by Crippen LogP contribution is -2.72. The molecule has 3 N–H and O–H groups in total. The highest BCUT2D eigenvalue weighted by molar-refractivity contribution is 5.78. The van der Waals surface area contributed by atoms with E-state index in [1.165, 1.54) is 4.90 Å². The van der Waals surface area contributed by atoms with Gasteiger partial charge in [0, 0.05) is 13.0 Å². The van der Waals surface area contributed by atoms with Crippen molar-refractivity contribution in [3.8, 4) is 0 Å². The molecular formula is C30H36N2O3. The van der Waals surface area contributed by atoms with Gasteiger partial charge in [-0.1, -0.05) is 117 Å². The van der Waals surface area contributed by atoms with Crippen LogP contribution in [0.1, 0.15) is 55.7 Å². The fourth-order valence-electron chi connectivity index (χ4n) is 5.53. The molecular weight excluding hydrogens is 436 g/mol. The molecule has 5 nitrogen and oxygen atoms in total. The number of hydrogen-bond acceptors (Lipinski definition) is 4. The fraction of sp³-hybridized carbons (Fsp3) is 0.367. The van der Waals surface area contributed by atoms with E-state index in [4.69, 9.17) is 0 Å². The molecule has 0 spiro atoms. The molecule has 0 saturated carbocycles. The van der Waals surface area contributed by atoms with Gasteiger partial charge in [-0.3, -0.25) is 9.69 Å². The molecule has 1 aliphatic rings. The molecule has 1 amide bonds. The first-order valence-corrected chi connectivity index (χ1v) is 12.7. The lowest BCUT2D eigenvalue weighted by Gasteiger charge is -2.53. The van der Waals surface area contributed by atoms with Crippen LogP contribution in [0.3, 0.4) is 0 Å². The van der Waals surface area contributed by atoms with Crippen LogP contribution >= 0.6 is 0 Å². The minimum atomic E-state index is -2.30. The highest BCUT2D eigenvalue weighted by atomic mass is 16.5. The zero-order valence-electron chi connectivity index (χ0n) is 20.4. The van der Waals surface area contributed by atoms with Gasteiger partial charge in [0.25, 0.3) is 5.91 Å². The number of hydrogen-bond donors (Lipinski definition) is 3. The number of nitrogens with zero attached hydrogens (tertiary/aromatic N) is 1. The number of β-amino-alcohol motifs (C(OH)–C–C–N with tert-alkyl or cyclic N) is 2. The summed E-state index contributed by atoms with van der Waals surface area (Å²) in [5.74, 6) is -2.53. The van der Waals surface area contributed by atoms with E-state index < -0.39 is 17.4 Å². The van der Waals surface area contributed by atoms with Gasteiger partial charge in [-0.2, -0.15) is 0 Å². The number of piperazine rings is 1. The summed E-state index contributed by atoms with van der Waals surface area (Å²) >= 11 is 0. The minimum absolute atomic E-state index is 0.0986. The third-order valence-electron chi connectivity index (χ3n) is 7.10. The number of benzene rings is 3. The topological polar surface area (TPSA) is 72.8 Å². The van der Waals surface area contributed by atoms with Gasteiger partial charge in [0.2, 0.25) is 5.91 Å². The van der Waals surface area contributed by atoms with Crippen molar-refractivity contribution >= 4 is 5.91 Å². The van der Waals surface area contributed by atoms with Crippen molar-refractivity contribution in [2.45, 2.75) is 56.4 Å². The van der Waals surface area contributed by atoms with Crippen LogP contribution in [0, 0.1) is 0 Å². The van der Waals surface area contributed by atoms with E-state index in [0.29, 0.717) is 6.54 Å². The van der Waals surface area contributed by atoms with Gasteiger partial charge in [-0.15, -0.1) is 0 Å². The molecule has 0 aromatic heterocycles. The molecule has 1 heterocycles. The van der Waals surface area contributed by atoms with Gasteiger partial charge in [-0.05, 0) is 23.1 Å². The summed E-state index contributed by atoms with van der Waals surface area (Å²) in [6.45, 7) is 2.45. The van der Waals surface area contributed by atoms with E-state index in [1.54, 1.807) is 0 Å². The number of amides is 1. The van der Waals surface area contributed by atoms with Crippen molar-refractivity contribution in [3.05, 3.63) is 108 Å². The number of carbonyl (C=O) groups is 1. The van der Waals surface area contributed by atoms with Gasteiger partial charge in [0.15, 0.2) is 0 Å². The molecule has 3 aromatic rings. The van der Waals surface area contributed by atoms with Crippen molar-refractivity contribution in [3.63, 3.8) is 0 Å². The average Bonchev–Trinajstić information content (AvgIpc) is 2.88. The van der Waals surface area contributed by atoms with Gasteiger partial charge >= 0.3 is 0 Å². The van der Waals surface area contributed by atoms with E-state index in [2.05, 4.69) is 48.6 Å². The van der Waals surface area contributed by atoms with Gasteiger partial charge in [0.1, 0.15) is 0 Å². The molecule has 0 radical (unpaired) electrons. The Morgan fingerprint density at radius 1 is 0.857 bits per heavy atom. The molecule has 1 saturated heterocycles. The summed E-state index contributed by atoms with van der Waals surface area (Å²) in [6.07, 6.45) is 4.10. The van der Waals surface area contributed by atoms with Crippen LogP contribution < -0.4 is 5.32 Å². The Morgan fingerprint density at radius 3 is 1.80 bits per heavy atom. The van der Waals surface area contributed by atoms with E-state index in [1.807, 2.05) is 54.6 Å². The van der Waals surface area contributed by atoms with E-state index >= 15 is 0 Å². The summed E-state index contributed by atoms with van der Waals surface area (Å²) in [4.78, 5) is 15.1. The predicted octanol–water partition coefficient (Wildman–Crippen LogP) is 4.43. The summed E-state index contributed by atoms with van der Waals surface area (Å²) < 4.78 is 0. The van der Waals surface area contributed by atoms with Crippen LogP contribution in [0.4, 0.5) is 0 Å². The largest absolute Gasteiger partial charge is 0.348 e. The first kappa shape index (κ1) is 25.1. The number of nitrogens with one attached hydrogen (secondary N) is 1. The number of rotatable bonds is 9. The molecule has 0 aliphatic carbocycles. The quantitative estimate of drug-likeness (QED) is 0.245. The van der Waals surface area contributed by atoms with Crippen molar-refractivity contribution in [1.29, 1.82) is 0 Å². The Morgan fingerprint density at radius 2 is 1.34 bits per heavy atom. The zero-order valence-corrected chi connectivity index (χ0v) is 20.4. The predicted molar refractivity (Wildman–Crippen MR) is 139 cm³/mol. The second-order valence-corrected chi connectivity index (χ2v) is 9.40. The average molecular weight is 473 g/mol. The van der Waals surface area contributed by atoms with Crippen molar-refractivity contribution in [2.24, 2.45) is 0 Å². The van der Waals surface area contributed by atoms with Gasteiger partial charge in [-0.25, -0.2) is 0 Å². The van der Waals surface area contributed by atoms with E-state index in [-0.39, 0.29) is 18.9 Å². The normalized spacial score (nSPS) is 17.8. The maximum absolute atomic E-state index is 13.7. The second-order valence-electron chi connectivity index (χ2n) is 9.40. The van der Waals surface area contributed by atoms with Crippen molar-refractivity contribution in [1.82, 2.24) is 10.2 Å². The Bertz CT molecular complexity index is 974. The lowest BCUT2D eigenvalue weighted by molar-refractivity contribution is -0.277. The Hall–Kier alpha value is -2.99. The molecule has 3 aromatic carbocycles. The Labute approximate surface area is 208 Å². The minimum Gasteiger partial charge on any atom is -0.348 e. The van der Waals surface area contributed by atoms with Crippen LogP contribution in [0.2, 0.25) is 0 Å². The Balaban J connectivity index is 1.93. The standard InChI is InChI=1S/C30H36N2O3/c1-2-3-4-14-21-28(33)32-27(22-31-23-29(32,34)35)30(24-15-8-5-9-16-24,25-17-10-6-11-18-25)26-19-12-7-13-20-26/h5-13,15-20,27,31,34-35H,2-4,14,21-23H2,1H3. The molecule has 184 valence electrons. The second kappa shape index (κ2) is 11.2. The summed E-state index contributed by atoms with van der Waals surface area (Å²) in [6, 6.07) is 29.7. The summed E-state index contributed by atoms with van der Waals surface area (Å²) in [5.41, 5.74) is 2.15. The number of unbranched alkanes of at least 4 members (excludes halogenated alkanes) is 3. The number of carbonyl (C=O) groups excluding carboxylic acids is 1. The fourth-order valence-corrected chi connectivity index (χ4v) is 5.53. The molecule has 1 aliphatic heterocycles. The molecule has 1 atom stereocenters. The summed E-state index contributed by atoms with van der Waals surface area (Å²) in [7, 11) is 0. The Kier molecular flexibility index (Phi) is 8.01. The molecule has 1 fully saturated rings. The molecule has 5 heteroatoms. The third-order valence-corrected chi connectivity index (χ3v) is 7.10. The lowest BCUT2D eigenvalue weighted by atomic mass is 9.63. The van der Waals surface area contributed by atoms with Gasteiger partial charge < -0.3 is 15.5 Å².